The van der Waals surface area contributed by atoms with Gasteiger partial charge in [0.25, 0.3) is 0 Å². The zero-order chi connectivity index (χ0) is 20.6. The van der Waals surface area contributed by atoms with Crippen LogP contribution in [0.15, 0.2) is 12.2 Å². The number of aliphatic hydroxyl groups excluding tert-OH is 2. The Bertz CT molecular complexity index is 312. The molecule has 0 spiro atoms. The van der Waals surface area contributed by atoms with Crippen molar-refractivity contribution in [1.82, 2.24) is 0 Å². The van der Waals surface area contributed by atoms with Gasteiger partial charge in [-0.1, -0.05) is 83.8 Å². The second-order valence-electron chi connectivity index (χ2n) is 7.34. The molecule has 0 bridgehead atoms. The van der Waals surface area contributed by atoms with Gasteiger partial charge >= 0.3 is 5.97 Å². The third-order valence-electron chi connectivity index (χ3n) is 4.49. The molecule has 0 radical (unpaired) electrons. The molecule has 1 unspecified atom stereocenters. The molecule has 4 heteroatoms. The summed E-state index contributed by atoms with van der Waals surface area (Å²) in [4.78, 5) is 10.3. The average Bonchev–Trinajstić information content (AvgIpc) is 2.65. The molecule has 0 aliphatic heterocycles. The summed E-state index contributed by atoms with van der Waals surface area (Å²) in [6.07, 6.45) is 20.7. The van der Waals surface area contributed by atoms with Crippen molar-refractivity contribution in [1.29, 1.82) is 0 Å². The fourth-order valence-corrected chi connectivity index (χ4v) is 2.73. The third-order valence-corrected chi connectivity index (χ3v) is 4.49. The van der Waals surface area contributed by atoms with Crippen LogP contribution in [0, 0.1) is 0 Å². The molecule has 0 saturated heterocycles. The molecule has 0 saturated carbocycles. The van der Waals surface area contributed by atoms with Crippen molar-refractivity contribution in [3.8, 4) is 0 Å². The molecule has 0 aromatic rings. The lowest BCUT2D eigenvalue weighted by atomic mass is 10.1. The second-order valence-corrected chi connectivity index (χ2v) is 7.34. The number of rotatable bonds is 18. The summed E-state index contributed by atoms with van der Waals surface area (Å²) in [5.41, 5.74) is 0. The first-order valence-corrected chi connectivity index (χ1v) is 11.2. The SMILES string of the molecule is CCCCCCC(O)C/C=C\CCCCCCCC(=O)O.CCCCCO. The molecule has 1 atom stereocenters. The monoisotopic (exact) mass is 386 g/mol. The van der Waals surface area contributed by atoms with Crippen LogP contribution in [0.4, 0.5) is 0 Å². The molecule has 0 aliphatic rings. The first-order valence-electron chi connectivity index (χ1n) is 11.2. The molecule has 3 N–H and O–H groups in total. The Kier molecular flexibility index (Phi) is 26.4. The molecule has 0 fully saturated rings. The Hall–Kier alpha value is -0.870. The predicted octanol–water partition coefficient (Wildman–Crippen LogP) is 6.25. The first kappa shape index (κ1) is 28.3. The number of aliphatic hydroxyl groups is 2. The molecule has 0 aromatic heterocycles. The number of aliphatic carboxylic acids is 1. The average molecular weight is 387 g/mol. The van der Waals surface area contributed by atoms with Gasteiger partial charge in [-0.15, -0.1) is 0 Å². The van der Waals surface area contributed by atoms with Gasteiger partial charge in [0.15, 0.2) is 0 Å². The summed E-state index contributed by atoms with van der Waals surface area (Å²) in [6.45, 7) is 4.68. The van der Waals surface area contributed by atoms with Crippen molar-refractivity contribution in [3.05, 3.63) is 12.2 Å². The van der Waals surface area contributed by atoms with Gasteiger partial charge in [-0.3, -0.25) is 4.79 Å². The van der Waals surface area contributed by atoms with Crippen molar-refractivity contribution in [2.75, 3.05) is 6.61 Å². The molecule has 4 nitrogen and oxygen atoms in total. The van der Waals surface area contributed by atoms with Crippen LogP contribution in [0.25, 0.3) is 0 Å². The highest BCUT2D eigenvalue weighted by molar-refractivity contribution is 5.66. The topological polar surface area (TPSA) is 77.8 Å². The van der Waals surface area contributed by atoms with E-state index < -0.39 is 5.97 Å². The van der Waals surface area contributed by atoms with Crippen molar-refractivity contribution in [3.63, 3.8) is 0 Å². The molecule has 27 heavy (non-hydrogen) atoms. The van der Waals surface area contributed by atoms with E-state index in [2.05, 4.69) is 26.0 Å². The van der Waals surface area contributed by atoms with Gasteiger partial charge in [0.05, 0.1) is 6.10 Å². The molecule has 162 valence electrons. The normalized spacial score (nSPS) is 12.0. The number of hydrogen-bond donors (Lipinski definition) is 3. The summed E-state index contributed by atoms with van der Waals surface area (Å²) in [7, 11) is 0. The molecule has 0 heterocycles. The summed E-state index contributed by atoms with van der Waals surface area (Å²) in [5, 5.41) is 26.5. The molecule has 0 aliphatic carbocycles. The maximum absolute atomic E-state index is 10.3. The number of hydrogen-bond acceptors (Lipinski definition) is 3. The Labute approximate surface area is 168 Å². The van der Waals surface area contributed by atoms with Gasteiger partial charge in [-0.05, 0) is 38.5 Å². The fourth-order valence-electron chi connectivity index (χ4n) is 2.73. The first-order chi connectivity index (χ1) is 13.1. The Morgan fingerprint density at radius 1 is 0.815 bits per heavy atom. The number of unbranched alkanes of at least 4 members (excludes halogenated alkanes) is 10. The smallest absolute Gasteiger partial charge is 0.303 e. The van der Waals surface area contributed by atoms with Crippen LogP contribution in [-0.2, 0) is 4.79 Å². The van der Waals surface area contributed by atoms with Crippen molar-refractivity contribution >= 4 is 5.97 Å². The number of carbonyl (C=O) groups is 1. The van der Waals surface area contributed by atoms with Crippen LogP contribution in [0.5, 0.6) is 0 Å². The standard InChI is InChI=1S/C18H34O3.C5H12O/c1-2-3-4-11-14-17(19)15-12-9-7-5-6-8-10-13-16-18(20)21;1-2-3-4-5-6/h9,12,17,19H,2-8,10-11,13-16H2,1H3,(H,20,21);6H,2-5H2,1H3/b12-9-;. The van der Waals surface area contributed by atoms with Crippen LogP contribution in [-0.4, -0.2) is 34.0 Å². The third kappa shape index (κ3) is 30.1. The highest BCUT2D eigenvalue weighted by Crippen LogP contribution is 2.10. The van der Waals surface area contributed by atoms with E-state index in [1.54, 1.807) is 0 Å². The Morgan fingerprint density at radius 3 is 2.00 bits per heavy atom. The van der Waals surface area contributed by atoms with Gasteiger partial charge in [0.2, 0.25) is 0 Å². The highest BCUT2D eigenvalue weighted by Gasteiger charge is 2.00. The largest absolute Gasteiger partial charge is 0.481 e. The maximum Gasteiger partial charge on any atom is 0.303 e. The van der Waals surface area contributed by atoms with E-state index in [-0.39, 0.29) is 6.10 Å². The van der Waals surface area contributed by atoms with Crippen molar-refractivity contribution in [2.45, 2.75) is 123 Å². The summed E-state index contributed by atoms with van der Waals surface area (Å²) >= 11 is 0. The van der Waals surface area contributed by atoms with Gasteiger partial charge in [0, 0.05) is 13.0 Å². The number of carboxylic acid groups (broad SMARTS) is 1. The van der Waals surface area contributed by atoms with Crippen molar-refractivity contribution < 1.29 is 20.1 Å². The molecular formula is C23H46O4. The Balaban J connectivity index is 0. The minimum Gasteiger partial charge on any atom is -0.481 e. The number of carboxylic acids is 1. The van der Waals surface area contributed by atoms with E-state index >= 15 is 0 Å². The van der Waals surface area contributed by atoms with Crippen LogP contribution >= 0.6 is 0 Å². The van der Waals surface area contributed by atoms with E-state index in [9.17, 15) is 9.90 Å². The Morgan fingerprint density at radius 2 is 1.41 bits per heavy atom. The fraction of sp³-hybridized carbons (Fsp3) is 0.870. The van der Waals surface area contributed by atoms with Crippen LogP contribution < -0.4 is 0 Å². The molecule has 0 aromatic carbocycles. The lowest BCUT2D eigenvalue weighted by Crippen LogP contribution is -2.04. The minimum absolute atomic E-state index is 0.172. The minimum atomic E-state index is -0.689. The van der Waals surface area contributed by atoms with E-state index in [0.717, 1.165) is 64.2 Å². The lowest BCUT2D eigenvalue weighted by molar-refractivity contribution is -0.137. The van der Waals surface area contributed by atoms with Crippen molar-refractivity contribution in [2.24, 2.45) is 0 Å². The molecular weight excluding hydrogens is 340 g/mol. The van der Waals surface area contributed by atoms with Gasteiger partial charge < -0.3 is 15.3 Å². The van der Waals surface area contributed by atoms with Gasteiger partial charge in [-0.25, -0.2) is 0 Å². The van der Waals surface area contributed by atoms with E-state index in [1.807, 2.05) is 0 Å². The van der Waals surface area contributed by atoms with Crippen LogP contribution in [0.2, 0.25) is 0 Å². The van der Waals surface area contributed by atoms with E-state index in [0.29, 0.717) is 13.0 Å². The molecule has 0 rings (SSSR count). The van der Waals surface area contributed by atoms with Crippen LogP contribution in [0.1, 0.15) is 117 Å². The summed E-state index contributed by atoms with van der Waals surface area (Å²) in [5.74, 6) is -0.689. The highest BCUT2D eigenvalue weighted by atomic mass is 16.4. The van der Waals surface area contributed by atoms with E-state index in [1.165, 1.54) is 32.1 Å². The summed E-state index contributed by atoms with van der Waals surface area (Å²) in [6, 6.07) is 0. The lowest BCUT2D eigenvalue weighted by Gasteiger charge is -2.07. The maximum atomic E-state index is 10.3. The molecule has 0 amide bonds. The predicted molar refractivity (Wildman–Crippen MR) is 115 cm³/mol. The summed E-state index contributed by atoms with van der Waals surface area (Å²) < 4.78 is 0. The zero-order valence-electron chi connectivity index (χ0n) is 18.0. The quantitative estimate of drug-likeness (QED) is 0.192. The van der Waals surface area contributed by atoms with Gasteiger partial charge in [0.1, 0.15) is 0 Å². The zero-order valence-corrected chi connectivity index (χ0v) is 18.0. The van der Waals surface area contributed by atoms with Crippen LogP contribution in [0.3, 0.4) is 0 Å². The van der Waals surface area contributed by atoms with Gasteiger partial charge in [-0.2, -0.15) is 0 Å². The number of allylic oxidation sites excluding steroid dienone is 1. The van der Waals surface area contributed by atoms with E-state index in [4.69, 9.17) is 10.2 Å². The second kappa shape index (κ2) is 25.1.